The molecule has 0 aromatic heterocycles. The normalized spacial score (nSPS) is 16.9. The van der Waals surface area contributed by atoms with Crippen LogP contribution in [0.3, 0.4) is 0 Å². The largest absolute Gasteiger partial charge is 0.399 e. The van der Waals surface area contributed by atoms with E-state index in [0.29, 0.717) is 24.2 Å². The first-order valence-corrected chi connectivity index (χ1v) is 11.2. The number of carbonyl (C=O) groups is 2. The molecule has 166 valence electrons. The number of benzene rings is 3. The Labute approximate surface area is 193 Å². The van der Waals surface area contributed by atoms with E-state index in [-0.39, 0.29) is 11.8 Å². The van der Waals surface area contributed by atoms with Gasteiger partial charge in [0, 0.05) is 42.1 Å². The second kappa shape index (κ2) is 8.82. The van der Waals surface area contributed by atoms with Gasteiger partial charge in [-0.3, -0.25) is 9.59 Å². The van der Waals surface area contributed by atoms with Gasteiger partial charge in [-0.1, -0.05) is 42.5 Å². The number of carbonyl (C=O) groups excluding carboxylic acids is 2. The van der Waals surface area contributed by atoms with E-state index in [1.165, 1.54) is 0 Å². The van der Waals surface area contributed by atoms with Crippen molar-refractivity contribution in [3.63, 3.8) is 0 Å². The molecule has 2 amide bonds. The van der Waals surface area contributed by atoms with Gasteiger partial charge in [0.15, 0.2) is 0 Å². The maximum Gasteiger partial charge on any atom is 0.258 e. The number of nitrogens with one attached hydrogen (secondary N) is 2. The highest BCUT2D eigenvalue weighted by Crippen LogP contribution is 2.38. The van der Waals surface area contributed by atoms with E-state index in [0.717, 1.165) is 53.1 Å². The number of rotatable bonds is 5. The molecule has 2 aliphatic heterocycles. The lowest BCUT2D eigenvalue weighted by Crippen LogP contribution is -2.34. The molecule has 1 saturated heterocycles. The molecule has 2 aliphatic rings. The first kappa shape index (κ1) is 20.8. The van der Waals surface area contributed by atoms with Crippen LogP contribution in [0.15, 0.2) is 72.8 Å². The smallest absolute Gasteiger partial charge is 0.258 e. The summed E-state index contributed by atoms with van der Waals surface area (Å²) < 4.78 is 0. The highest BCUT2D eigenvalue weighted by Gasteiger charge is 2.28. The summed E-state index contributed by atoms with van der Waals surface area (Å²) in [5, 5.41) is 6.40. The number of nitrogens with zero attached hydrogens (tertiary/aromatic N) is 1. The summed E-state index contributed by atoms with van der Waals surface area (Å²) in [4.78, 5) is 27.0. The first-order valence-electron chi connectivity index (χ1n) is 11.2. The summed E-state index contributed by atoms with van der Waals surface area (Å²) in [7, 11) is 0. The molecular formula is C27H26N4O2. The fraction of sp³-hybridized carbons (Fsp3) is 0.185. The fourth-order valence-corrected chi connectivity index (χ4v) is 4.40. The van der Waals surface area contributed by atoms with E-state index in [9.17, 15) is 9.59 Å². The van der Waals surface area contributed by atoms with Crippen LogP contribution in [-0.4, -0.2) is 23.3 Å². The number of amides is 2. The number of fused-ring (bicyclic) bond motifs is 1. The second-order valence-corrected chi connectivity index (χ2v) is 8.47. The Balaban J connectivity index is 1.47. The summed E-state index contributed by atoms with van der Waals surface area (Å²) in [6.07, 6.45) is 2.69. The van der Waals surface area contributed by atoms with Crippen molar-refractivity contribution >= 4 is 40.1 Å². The van der Waals surface area contributed by atoms with Gasteiger partial charge in [-0.2, -0.15) is 0 Å². The summed E-state index contributed by atoms with van der Waals surface area (Å²) in [5.74, 6) is 0.0620. The lowest BCUT2D eigenvalue weighted by atomic mass is 9.99. The molecule has 3 aromatic carbocycles. The maximum absolute atomic E-state index is 13.0. The Morgan fingerprint density at radius 2 is 1.76 bits per heavy atom. The van der Waals surface area contributed by atoms with Gasteiger partial charge in [0.25, 0.3) is 5.91 Å². The lowest BCUT2D eigenvalue weighted by molar-refractivity contribution is -0.133. The molecule has 0 unspecified atom stereocenters. The van der Waals surface area contributed by atoms with Crippen molar-refractivity contribution in [2.24, 2.45) is 0 Å². The van der Waals surface area contributed by atoms with Crippen molar-refractivity contribution in [1.82, 2.24) is 4.90 Å². The highest BCUT2D eigenvalue weighted by molar-refractivity contribution is 6.37. The van der Waals surface area contributed by atoms with Crippen LogP contribution in [0.1, 0.15) is 36.0 Å². The third kappa shape index (κ3) is 4.32. The van der Waals surface area contributed by atoms with Gasteiger partial charge < -0.3 is 21.3 Å². The van der Waals surface area contributed by atoms with Crippen LogP contribution >= 0.6 is 0 Å². The summed E-state index contributed by atoms with van der Waals surface area (Å²) in [5.41, 5.74) is 12.3. The Morgan fingerprint density at radius 1 is 0.970 bits per heavy atom. The van der Waals surface area contributed by atoms with E-state index >= 15 is 0 Å². The van der Waals surface area contributed by atoms with Crippen molar-refractivity contribution in [3.05, 3.63) is 89.5 Å². The SMILES string of the molecule is Nc1ccc2c(c1)/C(=C(/Nc1ccc(CN3CCCCC3=O)cc1)c1ccccc1)C(=O)N2. The minimum atomic E-state index is -0.165. The van der Waals surface area contributed by atoms with Gasteiger partial charge in [0.05, 0.1) is 11.3 Å². The molecule has 1 fully saturated rings. The number of anilines is 3. The molecule has 6 heteroatoms. The van der Waals surface area contributed by atoms with Crippen molar-refractivity contribution in [2.75, 3.05) is 22.9 Å². The summed E-state index contributed by atoms with van der Waals surface area (Å²) in [6, 6.07) is 23.3. The Bertz CT molecular complexity index is 1230. The zero-order valence-electron chi connectivity index (χ0n) is 18.3. The second-order valence-electron chi connectivity index (χ2n) is 8.47. The summed E-state index contributed by atoms with van der Waals surface area (Å²) in [6.45, 7) is 1.45. The standard InChI is InChI=1S/C27H26N4O2/c28-20-11-14-23-22(16-20)25(27(33)30-23)26(19-6-2-1-3-7-19)29-21-12-9-18(10-13-21)17-31-15-5-4-8-24(31)32/h1-3,6-7,9-14,16,29H,4-5,8,15,17,28H2,(H,30,33)/b26-25-. The lowest BCUT2D eigenvalue weighted by Gasteiger charge is -2.26. The third-order valence-corrected chi connectivity index (χ3v) is 6.12. The number of hydrogen-bond acceptors (Lipinski definition) is 4. The van der Waals surface area contributed by atoms with Crippen LogP contribution in [0.4, 0.5) is 17.1 Å². The van der Waals surface area contributed by atoms with Gasteiger partial charge in [-0.15, -0.1) is 0 Å². The number of nitrogens with two attached hydrogens (primary N) is 1. The Hall–Kier alpha value is -4.06. The van der Waals surface area contributed by atoms with Gasteiger partial charge in [0.2, 0.25) is 5.91 Å². The van der Waals surface area contributed by atoms with Crippen molar-refractivity contribution in [3.8, 4) is 0 Å². The van der Waals surface area contributed by atoms with Gasteiger partial charge in [-0.05, 0) is 54.3 Å². The minimum absolute atomic E-state index is 0.165. The zero-order valence-corrected chi connectivity index (χ0v) is 18.3. The number of likely N-dealkylation sites (tertiary alicyclic amines) is 1. The molecule has 0 spiro atoms. The van der Waals surface area contributed by atoms with Gasteiger partial charge in [0.1, 0.15) is 0 Å². The first-order chi connectivity index (χ1) is 16.1. The molecule has 0 atom stereocenters. The fourth-order valence-electron chi connectivity index (χ4n) is 4.40. The molecule has 6 nitrogen and oxygen atoms in total. The van der Waals surface area contributed by atoms with Crippen molar-refractivity contribution in [2.45, 2.75) is 25.8 Å². The van der Waals surface area contributed by atoms with E-state index in [1.54, 1.807) is 6.07 Å². The molecule has 0 aliphatic carbocycles. The van der Waals surface area contributed by atoms with Crippen LogP contribution in [0.25, 0.3) is 11.3 Å². The van der Waals surface area contributed by atoms with E-state index in [1.807, 2.05) is 71.6 Å². The number of nitrogen functional groups attached to an aromatic ring is 1. The zero-order chi connectivity index (χ0) is 22.8. The predicted molar refractivity (Wildman–Crippen MR) is 132 cm³/mol. The quantitative estimate of drug-likeness (QED) is 0.398. The van der Waals surface area contributed by atoms with Crippen molar-refractivity contribution in [1.29, 1.82) is 0 Å². The number of hydrogen-bond donors (Lipinski definition) is 3. The highest BCUT2D eigenvalue weighted by atomic mass is 16.2. The average molecular weight is 439 g/mol. The van der Waals surface area contributed by atoms with E-state index in [2.05, 4.69) is 10.6 Å². The molecule has 2 heterocycles. The van der Waals surface area contributed by atoms with Crippen LogP contribution in [0.2, 0.25) is 0 Å². The molecule has 0 bridgehead atoms. The Kier molecular flexibility index (Phi) is 5.57. The molecule has 0 saturated carbocycles. The molecule has 33 heavy (non-hydrogen) atoms. The van der Waals surface area contributed by atoms with E-state index < -0.39 is 0 Å². The van der Waals surface area contributed by atoms with Crippen LogP contribution in [0.5, 0.6) is 0 Å². The van der Waals surface area contributed by atoms with Crippen LogP contribution in [0, 0.1) is 0 Å². The van der Waals surface area contributed by atoms with Crippen molar-refractivity contribution < 1.29 is 9.59 Å². The monoisotopic (exact) mass is 438 g/mol. The molecule has 5 rings (SSSR count). The molecule has 0 radical (unpaired) electrons. The molecule has 3 aromatic rings. The molecule has 4 N–H and O–H groups in total. The third-order valence-electron chi connectivity index (χ3n) is 6.12. The number of piperidine rings is 1. The van der Waals surface area contributed by atoms with E-state index in [4.69, 9.17) is 5.73 Å². The molecular weight excluding hydrogens is 412 g/mol. The minimum Gasteiger partial charge on any atom is -0.399 e. The van der Waals surface area contributed by atoms with Crippen LogP contribution < -0.4 is 16.4 Å². The van der Waals surface area contributed by atoms with Gasteiger partial charge in [-0.25, -0.2) is 0 Å². The average Bonchev–Trinajstić information content (AvgIpc) is 3.15. The topological polar surface area (TPSA) is 87.5 Å². The maximum atomic E-state index is 13.0. The van der Waals surface area contributed by atoms with Gasteiger partial charge >= 0.3 is 0 Å². The predicted octanol–water partition coefficient (Wildman–Crippen LogP) is 4.71. The Morgan fingerprint density at radius 3 is 2.52 bits per heavy atom. The van der Waals surface area contributed by atoms with Crippen LogP contribution in [-0.2, 0) is 16.1 Å². The summed E-state index contributed by atoms with van der Waals surface area (Å²) >= 11 is 0.